The van der Waals surface area contributed by atoms with Crippen molar-refractivity contribution >= 4 is 12.6 Å². The molecule has 0 atom stereocenters. The Hall–Kier alpha value is -1.04. The highest BCUT2D eigenvalue weighted by atomic mass is 16.5. The molecule has 1 aliphatic carbocycles. The van der Waals surface area contributed by atoms with E-state index in [9.17, 15) is 10.0 Å². The molecule has 0 bridgehead atoms. The molecule has 2 rings (SSSR count). The zero-order valence-corrected chi connectivity index (χ0v) is 11.3. The minimum absolute atomic E-state index is 0.321. The summed E-state index contributed by atoms with van der Waals surface area (Å²) >= 11 is 0. The van der Waals surface area contributed by atoms with Crippen LogP contribution in [0.15, 0.2) is 18.2 Å². The van der Waals surface area contributed by atoms with Gasteiger partial charge in [0.15, 0.2) is 0 Å². The molecular formula is C14H21BO4. The van der Waals surface area contributed by atoms with E-state index in [2.05, 4.69) is 0 Å². The Morgan fingerprint density at radius 1 is 1.21 bits per heavy atom. The molecule has 2 N–H and O–H groups in total. The van der Waals surface area contributed by atoms with E-state index in [0.717, 1.165) is 24.2 Å². The molecule has 1 saturated carbocycles. The molecule has 104 valence electrons. The van der Waals surface area contributed by atoms with E-state index in [1.54, 1.807) is 25.3 Å². The molecule has 0 heterocycles. The zero-order valence-electron chi connectivity index (χ0n) is 11.3. The Morgan fingerprint density at radius 2 is 1.95 bits per heavy atom. The lowest BCUT2D eigenvalue weighted by atomic mass is 9.79. The third kappa shape index (κ3) is 3.96. The van der Waals surface area contributed by atoms with Gasteiger partial charge in [-0.05, 0) is 24.4 Å². The van der Waals surface area contributed by atoms with E-state index in [1.807, 2.05) is 0 Å². The van der Waals surface area contributed by atoms with Gasteiger partial charge in [0.2, 0.25) is 0 Å². The first kappa shape index (κ1) is 14.4. The van der Waals surface area contributed by atoms with Gasteiger partial charge in [0.25, 0.3) is 0 Å². The Labute approximate surface area is 114 Å². The number of methoxy groups -OCH3 is 1. The van der Waals surface area contributed by atoms with Crippen molar-refractivity contribution in [3.05, 3.63) is 23.8 Å². The number of hydrogen-bond acceptors (Lipinski definition) is 4. The van der Waals surface area contributed by atoms with Gasteiger partial charge in [0, 0.05) is 5.56 Å². The first-order valence-electron chi connectivity index (χ1n) is 6.85. The fourth-order valence-corrected chi connectivity index (χ4v) is 2.51. The van der Waals surface area contributed by atoms with Gasteiger partial charge >= 0.3 is 7.12 Å². The molecule has 0 saturated heterocycles. The maximum atomic E-state index is 9.20. The maximum absolute atomic E-state index is 9.20. The quantitative estimate of drug-likeness (QED) is 0.785. The van der Waals surface area contributed by atoms with Crippen LogP contribution in [0.2, 0.25) is 0 Å². The maximum Gasteiger partial charge on any atom is 0.488 e. The van der Waals surface area contributed by atoms with Crippen molar-refractivity contribution in [1.29, 1.82) is 0 Å². The third-order valence-electron chi connectivity index (χ3n) is 3.63. The van der Waals surface area contributed by atoms with Gasteiger partial charge in [0.1, 0.15) is 5.75 Å². The minimum Gasteiger partial charge on any atom is -0.496 e. The summed E-state index contributed by atoms with van der Waals surface area (Å²) in [6, 6.07) is 5.12. The number of rotatable bonds is 5. The van der Waals surface area contributed by atoms with E-state index in [0.29, 0.717) is 18.2 Å². The summed E-state index contributed by atoms with van der Waals surface area (Å²) in [5, 5.41) is 18.4. The van der Waals surface area contributed by atoms with E-state index in [4.69, 9.17) is 9.47 Å². The van der Waals surface area contributed by atoms with E-state index < -0.39 is 7.12 Å². The standard InChI is InChI=1S/C14H21BO4/c1-18-14-8-7-12(15(16)17)9-11(14)10-19-13-5-3-2-4-6-13/h7-9,13,16-17H,2-6,10H2,1H3. The lowest BCUT2D eigenvalue weighted by molar-refractivity contribution is 0.0161. The predicted octanol–water partition coefficient (Wildman–Crippen LogP) is 1.22. The SMILES string of the molecule is COc1ccc(B(O)O)cc1COC1CCCCC1. The van der Waals surface area contributed by atoms with Crippen molar-refractivity contribution in [2.45, 2.75) is 44.8 Å². The summed E-state index contributed by atoms with van der Waals surface area (Å²) in [7, 11) is 0.147. The summed E-state index contributed by atoms with van der Waals surface area (Å²) in [6.07, 6.45) is 6.32. The van der Waals surface area contributed by atoms with Crippen LogP contribution < -0.4 is 10.2 Å². The molecule has 19 heavy (non-hydrogen) atoms. The second-order valence-corrected chi connectivity index (χ2v) is 5.02. The van der Waals surface area contributed by atoms with Gasteiger partial charge in [-0.25, -0.2) is 0 Å². The average molecular weight is 264 g/mol. The van der Waals surface area contributed by atoms with Gasteiger partial charge in [-0.1, -0.05) is 31.4 Å². The first-order valence-corrected chi connectivity index (χ1v) is 6.85. The van der Waals surface area contributed by atoms with Crippen molar-refractivity contribution < 1.29 is 19.5 Å². The largest absolute Gasteiger partial charge is 0.496 e. The van der Waals surface area contributed by atoms with Crippen molar-refractivity contribution in [1.82, 2.24) is 0 Å². The third-order valence-corrected chi connectivity index (χ3v) is 3.63. The molecular weight excluding hydrogens is 243 g/mol. The van der Waals surface area contributed by atoms with Crippen LogP contribution in [-0.2, 0) is 11.3 Å². The molecule has 5 heteroatoms. The lowest BCUT2D eigenvalue weighted by Gasteiger charge is -2.22. The van der Waals surface area contributed by atoms with Crippen molar-refractivity contribution in [2.24, 2.45) is 0 Å². The second-order valence-electron chi connectivity index (χ2n) is 5.02. The molecule has 1 aromatic rings. The Kier molecular flexibility index (Phi) is 5.25. The molecule has 4 nitrogen and oxygen atoms in total. The number of ether oxygens (including phenoxy) is 2. The molecule has 0 aromatic heterocycles. The Balaban J connectivity index is 2.02. The van der Waals surface area contributed by atoms with Gasteiger partial charge in [-0.15, -0.1) is 0 Å². The Morgan fingerprint density at radius 3 is 2.58 bits per heavy atom. The van der Waals surface area contributed by atoms with Gasteiger partial charge in [0.05, 0.1) is 19.8 Å². The average Bonchev–Trinajstić information content (AvgIpc) is 2.45. The molecule has 0 unspecified atom stereocenters. The highest BCUT2D eigenvalue weighted by molar-refractivity contribution is 6.58. The molecule has 1 aromatic carbocycles. The topological polar surface area (TPSA) is 58.9 Å². The van der Waals surface area contributed by atoms with Crippen LogP contribution in [0.25, 0.3) is 0 Å². The van der Waals surface area contributed by atoms with E-state index in [-0.39, 0.29) is 0 Å². The number of hydrogen-bond donors (Lipinski definition) is 2. The molecule has 0 radical (unpaired) electrons. The summed E-state index contributed by atoms with van der Waals surface area (Å²) in [4.78, 5) is 0. The molecule has 0 aliphatic heterocycles. The summed E-state index contributed by atoms with van der Waals surface area (Å²) in [5.41, 5.74) is 1.32. The fraction of sp³-hybridized carbons (Fsp3) is 0.571. The lowest BCUT2D eigenvalue weighted by Crippen LogP contribution is -2.30. The summed E-state index contributed by atoms with van der Waals surface area (Å²) in [5.74, 6) is 0.722. The smallest absolute Gasteiger partial charge is 0.488 e. The highest BCUT2D eigenvalue weighted by Gasteiger charge is 2.17. The first-order chi connectivity index (χ1) is 9.20. The normalized spacial score (nSPS) is 16.4. The molecule has 1 fully saturated rings. The molecule has 0 spiro atoms. The van der Waals surface area contributed by atoms with Crippen LogP contribution in [0.1, 0.15) is 37.7 Å². The van der Waals surface area contributed by atoms with Crippen molar-refractivity contribution in [3.8, 4) is 5.75 Å². The summed E-state index contributed by atoms with van der Waals surface area (Å²) in [6.45, 7) is 0.453. The van der Waals surface area contributed by atoms with Gasteiger partial charge < -0.3 is 19.5 Å². The van der Waals surface area contributed by atoms with Crippen molar-refractivity contribution in [2.75, 3.05) is 7.11 Å². The van der Waals surface area contributed by atoms with Gasteiger partial charge in [-0.3, -0.25) is 0 Å². The van der Waals surface area contributed by atoms with E-state index >= 15 is 0 Å². The molecule has 1 aliphatic rings. The monoisotopic (exact) mass is 264 g/mol. The number of benzene rings is 1. The zero-order chi connectivity index (χ0) is 13.7. The van der Waals surface area contributed by atoms with Crippen LogP contribution in [0.3, 0.4) is 0 Å². The van der Waals surface area contributed by atoms with Crippen molar-refractivity contribution in [3.63, 3.8) is 0 Å². The van der Waals surface area contributed by atoms with Crippen LogP contribution in [0.5, 0.6) is 5.75 Å². The second kappa shape index (κ2) is 6.94. The van der Waals surface area contributed by atoms with Crippen LogP contribution in [0, 0.1) is 0 Å². The van der Waals surface area contributed by atoms with Crippen LogP contribution in [0.4, 0.5) is 0 Å². The van der Waals surface area contributed by atoms with Crippen LogP contribution >= 0.6 is 0 Å². The fourth-order valence-electron chi connectivity index (χ4n) is 2.51. The van der Waals surface area contributed by atoms with Gasteiger partial charge in [-0.2, -0.15) is 0 Å². The van der Waals surface area contributed by atoms with Crippen LogP contribution in [-0.4, -0.2) is 30.4 Å². The minimum atomic E-state index is -1.46. The highest BCUT2D eigenvalue weighted by Crippen LogP contribution is 2.23. The summed E-state index contributed by atoms with van der Waals surface area (Å²) < 4.78 is 11.2. The van der Waals surface area contributed by atoms with E-state index in [1.165, 1.54) is 19.3 Å². The predicted molar refractivity (Wildman–Crippen MR) is 74.5 cm³/mol. The Bertz CT molecular complexity index is 402. The molecule has 0 amide bonds.